The van der Waals surface area contributed by atoms with E-state index in [1.165, 1.54) is 6.92 Å². The fraction of sp³-hybridized carbons (Fsp3) is 0.750. The lowest BCUT2D eigenvalue weighted by Crippen LogP contribution is -2.49. The monoisotopic (exact) mass is 188 g/mol. The van der Waals surface area contributed by atoms with Crippen molar-refractivity contribution in [1.82, 2.24) is 5.32 Å². The number of nitrogens with two attached hydrogens (primary N) is 1. The summed E-state index contributed by atoms with van der Waals surface area (Å²) in [5.74, 6) is -1.40. The molecule has 76 valence electrons. The summed E-state index contributed by atoms with van der Waals surface area (Å²) >= 11 is 0. The Labute approximate surface area is 77.3 Å². The topological polar surface area (TPSA) is 92.4 Å². The van der Waals surface area contributed by atoms with E-state index in [9.17, 15) is 9.59 Å². The summed E-state index contributed by atoms with van der Waals surface area (Å²) in [5, 5.41) is 11.4. The molecule has 0 heterocycles. The molecule has 1 amide bonds. The fourth-order valence-electron chi connectivity index (χ4n) is 1.13. The Kier molecular flexibility index (Phi) is 3.87. The molecule has 0 fully saturated rings. The van der Waals surface area contributed by atoms with Crippen molar-refractivity contribution in [2.24, 2.45) is 5.73 Å². The second kappa shape index (κ2) is 4.23. The van der Waals surface area contributed by atoms with E-state index in [4.69, 9.17) is 10.8 Å². The number of carbonyl (C=O) groups excluding carboxylic acids is 1. The van der Waals surface area contributed by atoms with E-state index in [-0.39, 0.29) is 6.42 Å². The Balaban J connectivity index is 4.16. The van der Waals surface area contributed by atoms with Gasteiger partial charge < -0.3 is 10.8 Å². The number of carboxylic acid groups (broad SMARTS) is 1. The third-order valence-electron chi connectivity index (χ3n) is 1.59. The van der Waals surface area contributed by atoms with Crippen molar-refractivity contribution in [3.05, 3.63) is 0 Å². The summed E-state index contributed by atoms with van der Waals surface area (Å²) in [7, 11) is 0. The Morgan fingerprint density at radius 1 is 1.54 bits per heavy atom. The zero-order valence-corrected chi connectivity index (χ0v) is 8.13. The molecule has 4 N–H and O–H groups in total. The van der Waals surface area contributed by atoms with Crippen LogP contribution in [-0.2, 0) is 9.59 Å². The van der Waals surface area contributed by atoms with Gasteiger partial charge in [-0.05, 0) is 20.8 Å². The minimum atomic E-state index is -0.947. The van der Waals surface area contributed by atoms with Gasteiger partial charge in [-0.25, -0.2) is 0 Å². The van der Waals surface area contributed by atoms with Crippen molar-refractivity contribution in [2.45, 2.75) is 38.8 Å². The standard InChI is InChI=1S/C8H16N2O3/c1-5(7(12)13)10-8(2,3)4-6(9)11/h5,10H,4H2,1-3H3,(H2,9,11)(H,12,13). The van der Waals surface area contributed by atoms with Crippen LogP contribution in [0.2, 0.25) is 0 Å². The molecule has 0 aliphatic carbocycles. The number of carbonyl (C=O) groups is 2. The van der Waals surface area contributed by atoms with Gasteiger partial charge in [0.2, 0.25) is 5.91 Å². The highest BCUT2D eigenvalue weighted by molar-refractivity contribution is 5.76. The summed E-state index contributed by atoms with van der Waals surface area (Å²) in [6, 6.07) is -0.686. The minimum absolute atomic E-state index is 0.116. The van der Waals surface area contributed by atoms with Crippen molar-refractivity contribution < 1.29 is 14.7 Å². The maximum atomic E-state index is 10.6. The second-order valence-electron chi connectivity index (χ2n) is 3.73. The summed E-state index contributed by atoms with van der Waals surface area (Å²) < 4.78 is 0. The highest BCUT2D eigenvalue weighted by Gasteiger charge is 2.24. The molecule has 0 bridgehead atoms. The van der Waals surface area contributed by atoms with Crippen LogP contribution in [0.3, 0.4) is 0 Å². The maximum Gasteiger partial charge on any atom is 0.320 e. The first-order chi connectivity index (χ1) is 5.74. The average molecular weight is 188 g/mol. The van der Waals surface area contributed by atoms with Crippen molar-refractivity contribution >= 4 is 11.9 Å². The predicted octanol–water partition coefficient (Wildman–Crippen LogP) is -0.297. The van der Waals surface area contributed by atoms with Crippen LogP contribution < -0.4 is 11.1 Å². The van der Waals surface area contributed by atoms with Crippen LogP contribution in [-0.4, -0.2) is 28.6 Å². The van der Waals surface area contributed by atoms with Crippen molar-refractivity contribution in [2.75, 3.05) is 0 Å². The summed E-state index contributed by atoms with van der Waals surface area (Å²) in [5.41, 5.74) is 4.42. The van der Waals surface area contributed by atoms with Gasteiger partial charge in [0.25, 0.3) is 0 Å². The number of nitrogens with one attached hydrogen (secondary N) is 1. The number of hydrogen-bond acceptors (Lipinski definition) is 3. The number of carboxylic acids is 1. The van der Waals surface area contributed by atoms with Gasteiger partial charge in [0.15, 0.2) is 0 Å². The van der Waals surface area contributed by atoms with Crippen molar-refractivity contribution in [1.29, 1.82) is 0 Å². The van der Waals surface area contributed by atoms with Gasteiger partial charge in [0, 0.05) is 12.0 Å². The quantitative estimate of drug-likeness (QED) is 0.552. The van der Waals surface area contributed by atoms with E-state index >= 15 is 0 Å². The molecular weight excluding hydrogens is 172 g/mol. The number of rotatable bonds is 5. The van der Waals surface area contributed by atoms with Gasteiger partial charge in [-0.2, -0.15) is 0 Å². The molecule has 0 rings (SSSR count). The van der Waals surface area contributed by atoms with E-state index in [1.54, 1.807) is 13.8 Å². The third kappa shape index (κ3) is 5.19. The van der Waals surface area contributed by atoms with Crippen LogP contribution in [0.1, 0.15) is 27.2 Å². The average Bonchev–Trinajstić information content (AvgIpc) is 1.81. The molecule has 1 unspecified atom stereocenters. The molecule has 1 atom stereocenters. The van der Waals surface area contributed by atoms with E-state index in [2.05, 4.69) is 5.32 Å². The minimum Gasteiger partial charge on any atom is -0.480 e. The molecular formula is C8H16N2O3. The van der Waals surface area contributed by atoms with Gasteiger partial charge in [-0.1, -0.05) is 0 Å². The van der Waals surface area contributed by atoms with Crippen molar-refractivity contribution in [3.8, 4) is 0 Å². The molecule has 0 radical (unpaired) electrons. The molecule has 0 aromatic rings. The SMILES string of the molecule is CC(NC(C)(C)CC(N)=O)C(=O)O. The molecule has 5 heteroatoms. The highest BCUT2D eigenvalue weighted by Crippen LogP contribution is 2.08. The Morgan fingerprint density at radius 2 is 2.00 bits per heavy atom. The molecule has 0 aliphatic heterocycles. The second-order valence-corrected chi connectivity index (χ2v) is 3.73. The first-order valence-electron chi connectivity index (χ1n) is 4.03. The summed E-state index contributed by atoms with van der Waals surface area (Å²) in [6.07, 6.45) is 0.116. The molecule has 0 saturated heterocycles. The number of hydrogen-bond donors (Lipinski definition) is 3. The Morgan fingerprint density at radius 3 is 2.31 bits per heavy atom. The van der Waals surface area contributed by atoms with Gasteiger partial charge in [0.1, 0.15) is 6.04 Å². The van der Waals surface area contributed by atoms with Gasteiger partial charge >= 0.3 is 5.97 Å². The summed E-state index contributed by atoms with van der Waals surface area (Å²) in [4.78, 5) is 21.1. The van der Waals surface area contributed by atoms with Crippen molar-refractivity contribution in [3.63, 3.8) is 0 Å². The maximum absolute atomic E-state index is 10.6. The fourth-order valence-corrected chi connectivity index (χ4v) is 1.13. The van der Waals surface area contributed by atoms with Gasteiger partial charge in [-0.15, -0.1) is 0 Å². The molecule has 13 heavy (non-hydrogen) atoms. The van der Waals surface area contributed by atoms with Crippen LogP contribution in [0.15, 0.2) is 0 Å². The first kappa shape index (κ1) is 11.9. The van der Waals surface area contributed by atoms with E-state index in [0.717, 1.165) is 0 Å². The number of amides is 1. The molecule has 0 aromatic heterocycles. The third-order valence-corrected chi connectivity index (χ3v) is 1.59. The summed E-state index contributed by atoms with van der Waals surface area (Å²) in [6.45, 7) is 4.99. The smallest absolute Gasteiger partial charge is 0.320 e. The number of primary amides is 1. The highest BCUT2D eigenvalue weighted by atomic mass is 16.4. The molecule has 0 spiro atoms. The molecule has 0 aliphatic rings. The lowest BCUT2D eigenvalue weighted by Gasteiger charge is -2.27. The Bertz CT molecular complexity index is 213. The lowest BCUT2D eigenvalue weighted by molar-refractivity contribution is -0.139. The van der Waals surface area contributed by atoms with E-state index in [1.807, 2.05) is 0 Å². The van der Waals surface area contributed by atoms with Crippen LogP contribution in [0.4, 0.5) is 0 Å². The Hall–Kier alpha value is -1.10. The van der Waals surface area contributed by atoms with Crippen LogP contribution >= 0.6 is 0 Å². The zero-order valence-electron chi connectivity index (χ0n) is 8.13. The number of aliphatic carboxylic acids is 1. The van der Waals surface area contributed by atoms with E-state index in [0.29, 0.717) is 0 Å². The van der Waals surface area contributed by atoms with Crippen LogP contribution in [0, 0.1) is 0 Å². The van der Waals surface area contributed by atoms with Crippen LogP contribution in [0.25, 0.3) is 0 Å². The predicted molar refractivity (Wildman–Crippen MR) is 48.1 cm³/mol. The molecule has 5 nitrogen and oxygen atoms in total. The molecule has 0 saturated carbocycles. The first-order valence-corrected chi connectivity index (χ1v) is 4.03. The van der Waals surface area contributed by atoms with Gasteiger partial charge in [0.05, 0.1) is 0 Å². The van der Waals surface area contributed by atoms with Gasteiger partial charge in [-0.3, -0.25) is 14.9 Å². The molecule has 0 aromatic carbocycles. The largest absolute Gasteiger partial charge is 0.480 e. The van der Waals surface area contributed by atoms with E-state index < -0.39 is 23.5 Å². The normalized spacial score (nSPS) is 13.8. The lowest BCUT2D eigenvalue weighted by atomic mass is 9.99. The zero-order chi connectivity index (χ0) is 10.6. The van der Waals surface area contributed by atoms with Crippen LogP contribution in [0.5, 0.6) is 0 Å².